The Morgan fingerprint density at radius 2 is 2.14 bits per heavy atom. The van der Waals surface area contributed by atoms with Gasteiger partial charge in [0.1, 0.15) is 0 Å². The number of rotatable bonds is 1. The third kappa shape index (κ3) is 1.11. The summed E-state index contributed by atoms with van der Waals surface area (Å²) in [6.45, 7) is 1.82. The van der Waals surface area contributed by atoms with Crippen LogP contribution in [0, 0.1) is 17.0 Å². The molecule has 0 aromatic carbocycles. The molecule has 3 aliphatic rings. The zero-order chi connectivity index (χ0) is 9.54. The first-order valence-electron chi connectivity index (χ1n) is 5.49. The Morgan fingerprint density at radius 1 is 1.29 bits per heavy atom. The Balaban J connectivity index is 1.74. The maximum absolute atomic E-state index is 11.3. The van der Waals surface area contributed by atoms with E-state index < -0.39 is 0 Å². The van der Waals surface area contributed by atoms with E-state index in [-0.39, 0.29) is 6.04 Å². The van der Waals surface area contributed by atoms with E-state index in [9.17, 15) is 5.21 Å². The smallest absolute Gasteiger partial charge is 0.175 e. The van der Waals surface area contributed by atoms with Crippen molar-refractivity contribution < 1.29 is 4.86 Å². The fraction of sp³-hybridized carbons (Fsp3) is 1.00. The van der Waals surface area contributed by atoms with Gasteiger partial charge in [0.25, 0.3) is 0 Å². The second kappa shape index (κ2) is 3.08. The van der Waals surface area contributed by atoms with Crippen LogP contribution in [0.5, 0.6) is 0 Å². The number of hydroxylamine groups is 1. The van der Waals surface area contributed by atoms with Crippen LogP contribution < -0.4 is 10.7 Å². The SMILES string of the molecule is [O-][N+]1=NNC2C(C3CCC3)CNCC21. The average Bonchev–Trinajstić information content (AvgIpc) is 2.47. The molecule has 2 heterocycles. The van der Waals surface area contributed by atoms with Crippen LogP contribution in [-0.4, -0.2) is 30.0 Å². The van der Waals surface area contributed by atoms with Gasteiger partial charge in [-0.15, -0.1) is 0 Å². The lowest BCUT2D eigenvalue weighted by atomic mass is 9.70. The molecule has 14 heavy (non-hydrogen) atoms. The van der Waals surface area contributed by atoms with Crippen molar-refractivity contribution in [3.05, 3.63) is 5.21 Å². The Hall–Kier alpha value is -0.840. The van der Waals surface area contributed by atoms with E-state index in [0.717, 1.165) is 23.9 Å². The molecule has 2 fully saturated rings. The van der Waals surface area contributed by atoms with Crippen molar-refractivity contribution in [1.29, 1.82) is 0 Å². The molecule has 3 atom stereocenters. The molecule has 5 heteroatoms. The summed E-state index contributed by atoms with van der Waals surface area (Å²) in [5.74, 6) is 1.41. The van der Waals surface area contributed by atoms with Gasteiger partial charge in [-0.3, -0.25) is 0 Å². The monoisotopic (exact) mass is 196 g/mol. The van der Waals surface area contributed by atoms with E-state index in [1.54, 1.807) is 0 Å². The fourth-order valence-electron chi connectivity index (χ4n) is 2.86. The minimum absolute atomic E-state index is 0.0225. The molecule has 2 aliphatic heterocycles. The minimum atomic E-state index is 0.0225. The van der Waals surface area contributed by atoms with Crippen LogP contribution in [0.1, 0.15) is 19.3 Å². The molecule has 0 aromatic heterocycles. The van der Waals surface area contributed by atoms with E-state index >= 15 is 0 Å². The second-order valence-corrected chi connectivity index (χ2v) is 4.64. The number of piperidine rings is 1. The quantitative estimate of drug-likeness (QED) is 0.466. The van der Waals surface area contributed by atoms with Gasteiger partial charge < -0.3 is 10.5 Å². The third-order valence-electron chi connectivity index (χ3n) is 3.95. The summed E-state index contributed by atoms with van der Waals surface area (Å²) in [4.78, 5) is 0.836. The van der Waals surface area contributed by atoms with Gasteiger partial charge in [-0.1, -0.05) is 6.42 Å². The minimum Gasteiger partial charge on any atom is -0.695 e. The molecule has 0 radical (unpaired) electrons. The highest BCUT2D eigenvalue weighted by atomic mass is 16.5. The first kappa shape index (κ1) is 8.47. The van der Waals surface area contributed by atoms with Crippen molar-refractivity contribution in [2.75, 3.05) is 13.1 Å². The third-order valence-corrected chi connectivity index (χ3v) is 3.95. The van der Waals surface area contributed by atoms with Crippen LogP contribution in [0.4, 0.5) is 0 Å². The van der Waals surface area contributed by atoms with Crippen molar-refractivity contribution in [3.8, 4) is 0 Å². The summed E-state index contributed by atoms with van der Waals surface area (Å²) in [6, 6.07) is 0.313. The summed E-state index contributed by atoms with van der Waals surface area (Å²) in [6.07, 6.45) is 4.02. The van der Waals surface area contributed by atoms with Gasteiger partial charge in [-0.2, -0.15) is 10.3 Å². The highest BCUT2D eigenvalue weighted by Gasteiger charge is 2.47. The largest absolute Gasteiger partial charge is 0.695 e. The molecule has 78 valence electrons. The summed E-state index contributed by atoms with van der Waals surface area (Å²) < 4.78 is 0. The topological polar surface area (TPSA) is 62.5 Å². The van der Waals surface area contributed by atoms with Crippen LogP contribution in [0.2, 0.25) is 0 Å². The lowest BCUT2D eigenvalue weighted by Gasteiger charge is -2.39. The van der Waals surface area contributed by atoms with Crippen LogP contribution in [0.15, 0.2) is 5.22 Å². The highest BCUT2D eigenvalue weighted by Crippen LogP contribution is 2.37. The van der Waals surface area contributed by atoms with Crippen LogP contribution >= 0.6 is 0 Å². The van der Waals surface area contributed by atoms with E-state index in [1.807, 2.05) is 0 Å². The number of hydrogen-bond acceptors (Lipinski definition) is 4. The summed E-state index contributed by atoms with van der Waals surface area (Å²) in [5, 5.41) is 18.4. The van der Waals surface area contributed by atoms with Gasteiger partial charge >= 0.3 is 0 Å². The molecule has 3 unspecified atom stereocenters. The molecule has 0 bridgehead atoms. The standard InChI is InChI=1S/C9H16N4O/c14-13-8-5-10-4-7(6-2-1-3-6)9(8)11-12-13/h6-11H,1-5H2. The Bertz CT molecular complexity index is 264. The maximum atomic E-state index is 11.3. The molecule has 0 spiro atoms. The molecular weight excluding hydrogens is 180 g/mol. The van der Waals surface area contributed by atoms with Crippen molar-refractivity contribution in [1.82, 2.24) is 10.7 Å². The first-order valence-corrected chi connectivity index (χ1v) is 5.49. The van der Waals surface area contributed by atoms with Crippen LogP contribution in [-0.2, 0) is 0 Å². The van der Waals surface area contributed by atoms with Crippen molar-refractivity contribution in [3.63, 3.8) is 0 Å². The van der Waals surface area contributed by atoms with Gasteiger partial charge in [-0.25, -0.2) is 0 Å². The van der Waals surface area contributed by atoms with Gasteiger partial charge in [0.05, 0.1) is 5.22 Å². The van der Waals surface area contributed by atoms with Crippen molar-refractivity contribution >= 4 is 0 Å². The van der Waals surface area contributed by atoms with E-state index in [4.69, 9.17) is 0 Å². The van der Waals surface area contributed by atoms with Crippen molar-refractivity contribution in [2.24, 2.45) is 17.1 Å². The number of hydrogen-bond donors (Lipinski definition) is 2. The van der Waals surface area contributed by atoms with Crippen molar-refractivity contribution in [2.45, 2.75) is 31.3 Å². The molecule has 1 saturated heterocycles. The number of fused-ring (bicyclic) bond motifs is 1. The maximum Gasteiger partial charge on any atom is 0.175 e. The average molecular weight is 196 g/mol. The van der Waals surface area contributed by atoms with Crippen LogP contribution in [0.25, 0.3) is 0 Å². The normalized spacial score (nSPS) is 42.3. The predicted octanol–water partition coefficient (Wildman–Crippen LogP) is 0.224. The highest BCUT2D eigenvalue weighted by molar-refractivity contribution is 4.95. The predicted molar refractivity (Wildman–Crippen MR) is 50.5 cm³/mol. The molecule has 5 nitrogen and oxygen atoms in total. The summed E-state index contributed by atoms with van der Waals surface area (Å²) >= 11 is 0. The molecular formula is C9H16N4O. The Morgan fingerprint density at radius 3 is 2.86 bits per heavy atom. The lowest BCUT2D eigenvalue weighted by molar-refractivity contribution is -0.555. The van der Waals surface area contributed by atoms with E-state index in [0.29, 0.717) is 12.0 Å². The zero-order valence-corrected chi connectivity index (χ0v) is 8.15. The summed E-state index contributed by atoms with van der Waals surface area (Å²) in [5.41, 5.74) is 3.01. The number of nitrogens with zero attached hydrogens (tertiary/aromatic N) is 2. The lowest BCUT2D eigenvalue weighted by Crippen LogP contribution is -2.57. The molecule has 0 aromatic rings. The van der Waals surface area contributed by atoms with Gasteiger partial charge in [0, 0.05) is 19.0 Å². The van der Waals surface area contributed by atoms with E-state index in [1.165, 1.54) is 19.3 Å². The second-order valence-electron chi connectivity index (χ2n) is 4.64. The van der Waals surface area contributed by atoms with Gasteiger partial charge in [0.15, 0.2) is 12.1 Å². The number of nitrogens with one attached hydrogen (secondary N) is 2. The van der Waals surface area contributed by atoms with Gasteiger partial charge in [-0.05, 0) is 18.8 Å². The molecule has 0 amide bonds. The molecule has 1 saturated carbocycles. The first-order chi connectivity index (χ1) is 6.86. The summed E-state index contributed by atoms with van der Waals surface area (Å²) in [7, 11) is 0. The van der Waals surface area contributed by atoms with E-state index in [2.05, 4.69) is 16.0 Å². The molecule has 1 aliphatic carbocycles. The molecule has 2 N–H and O–H groups in total. The Labute approximate surface area is 83.1 Å². The van der Waals surface area contributed by atoms with Crippen LogP contribution in [0.3, 0.4) is 0 Å². The van der Waals surface area contributed by atoms with Gasteiger partial charge in [0.2, 0.25) is 0 Å². The molecule has 3 rings (SSSR count). The Kier molecular flexibility index (Phi) is 1.87. The zero-order valence-electron chi connectivity index (χ0n) is 8.15. The fourth-order valence-corrected chi connectivity index (χ4v) is 2.86.